The third-order valence-electron chi connectivity index (χ3n) is 3.57. The molecule has 0 aromatic heterocycles. The number of para-hydroxylation sites is 2. The fourth-order valence-corrected chi connectivity index (χ4v) is 2.38. The number of benzene rings is 1. The van der Waals surface area contributed by atoms with Crippen molar-refractivity contribution < 1.29 is 14.3 Å². The standard InChI is InChI=1S/C16H24N2O3/c1-2-18(16(19)9-5-6-10-17)11-13-12-20-14-7-3-4-8-15(14)21-13/h3-4,7-8,13H,2,5-6,9-12,17H2,1H3. The first-order chi connectivity index (χ1) is 10.2. The van der Waals surface area contributed by atoms with Crippen LogP contribution in [0.25, 0.3) is 0 Å². The van der Waals surface area contributed by atoms with Gasteiger partial charge in [-0.15, -0.1) is 0 Å². The maximum atomic E-state index is 12.2. The van der Waals surface area contributed by atoms with Crippen molar-refractivity contribution in [3.63, 3.8) is 0 Å². The minimum absolute atomic E-state index is 0.113. The molecule has 116 valence electrons. The minimum atomic E-state index is -0.113. The van der Waals surface area contributed by atoms with Crippen molar-refractivity contribution in [1.29, 1.82) is 0 Å². The predicted octanol–water partition coefficient (Wildman–Crippen LogP) is 1.80. The molecule has 2 rings (SSSR count). The molecule has 5 heteroatoms. The van der Waals surface area contributed by atoms with Crippen LogP contribution in [0, 0.1) is 0 Å². The van der Waals surface area contributed by atoms with Crippen LogP contribution in [0.1, 0.15) is 26.2 Å². The van der Waals surface area contributed by atoms with Gasteiger partial charge < -0.3 is 20.1 Å². The zero-order chi connectivity index (χ0) is 15.1. The fraction of sp³-hybridized carbons (Fsp3) is 0.562. The molecule has 1 aliphatic rings. The molecule has 5 nitrogen and oxygen atoms in total. The molecule has 0 spiro atoms. The number of unbranched alkanes of at least 4 members (excludes halogenated alkanes) is 1. The summed E-state index contributed by atoms with van der Waals surface area (Å²) >= 11 is 0. The van der Waals surface area contributed by atoms with Gasteiger partial charge in [0.2, 0.25) is 5.91 Å². The van der Waals surface area contributed by atoms with Crippen molar-refractivity contribution in [3.05, 3.63) is 24.3 Å². The van der Waals surface area contributed by atoms with Crippen molar-refractivity contribution in [3.8, 4) is 11.5 Å². The SMILES string of the molecule is CCN(CC1COc2ccccc2O1)C(=O)CCCCN. The average molecular weight is 292 g/mol. The van der Waals surface area contributed by atoms with E-state index < -0.39 is 0 Å². The molecule has 1 aliphatic heterocycles. The van der Waals surface area contributed by atoms with E-state index in [0.717, 1.165) is 24.3 Å². The Bertz CT molecular complexity index is 465. The van der Waals surface area contributed by atoms with Crippen molar-refractivity contribution in [2.45, 2.75) is 32.3 Å². The Labute approximate surface area is 126 Å². The molecule has 0 radical (unpaired) electrons. The Morgan fingerprint density at radius 3 is 2.81 bits per heavy atom. The Kier molecular flexibility index (Phi) is 5.87. The monoisotopic (exact) mass is 292 g/mol. The summed E-state index contributed by atoms with van der Waals surface area (Å²) in [5.74, 6) is 1.68. The maximum Gasteiger partial charge on any atom is 0.222 e. The number of likely N-dealkylation sites (N-methyl/N-ethyl adjacent to an activating group) is 1. The second kappa shape index (κ2) is 7.88. The highest BCUT2D eigenvalue weighted by Crippen LogP contribution is 2.31. The number of carbonyl (C=O) groups excluding carboxylic acids is 1. The molecular weight excluding hydrogens is 268 g/mol. The number of nitrogens with two attached hydrogens (primary N) is 1. The quantitative estimate of drug-likeness (QED) is 0.778. The van der Waals surface area contributed by atoms with Gasteiger partial charge in [-0.2, -0.15) is 0 Å². The number of hydrogen-bond donors (Lipinski definition) is 1. The van der Waals surface area contributed by atoms with Gasteiger partial charge in [-0.25, -0.2) is 0 Å². The van der Waals surface area contributed by atoms with Crippen molar-refractivity contribution >= 4 is 5.91 Å². The molecule has 1 amide bonds. The minimum Gasteiger partial charge on any atom is -0.486 e. The van der Waals surface area contributed by atoms with E-state index in [9.17, 15) is 4.79 Å². The first kappa shape index (κ1) is 15.6. The lowest BCUT2D eigenvalue weighted by Crippen LogP contribution is -2.43. The molecule has 1 heterocycles. The van der Waals surface area contributed by atoms with Crippen molar-refractivity contribution in [2.75, 3.05) is 26.2 Å². The first-order valence-electron chi connectivity index (χ1n) is 7.61. The van der Waals surface area contributed by atoms with Crippen LogP contribution < -0.4 is 15.2 Å². The van der Waals surface area contributed by atoms with Crippen LogP contribution in [0.4, 0.5) is 0 Å². The zero-order valence-corrected chi connectivity index (χ0v) is 12.6. The van der Waals surface area contributed by atoms with Crippen LogP contribution >= 0.6 is 0 Å². The summed E-state index contributed by atoms with van der Waals surface area (Å²) < 4.78 is 11.6. The van der Waals surface area contributed by atoms with Crippen molar-refractivity contribution in [1.82, 2.24) is 4.90 Å². The van der Waals surface area contributed by atoms with Crippen LogP contribution in [-0.2, 0) is 4.79 Å². The number of rotatable bonds is 7. The smallest absolute Gasteiger partial charge is 0.222 e. The van der Waals surface area contributed by atoms with E-state index in [4.69, 9.17) is 15.2 Å². The summed E-state index contributed by atoms with van der Waals surface area (Å²) in [5.41, 5.74) is 5.46. The van der Waals surface area contributed by atoms with E-state index in [2.05, 4.69) is 0 Å². The molecule has 1 aromatic carbocycles. The van der Waals surface area contributed by atoms with E-state index in [-0.39, 0.29) is 12.0 Å². The number of carbonyl (C=O) groups is 1. The molecule has 0 fully saturated rings. The lowest BCUT2D eigenvalue weighted by atomic mass is 10.2. The molecule has 0 aliphatic carbocycles. The summed E-state index contributed by atoms with van der Waals surface area (Å²) in [4.78, 5) is 14.0. The molecule has 1 aromatic rings. The van der Waals surface area contributed by atoms with Crippen LogP contribution in [-0.4, -0.2) is 43.2 Å². The molecular formula is C16H24N2O3. The van der Waals surface area contributed by atoms with Crippen molar-refractivity contribution in [2.24, 2.45) is 5.73 Å². The van der Waals surface area contributed by atoms with Gasteiger partial charge in [-0.05, 0) is 38.4 Å². The first-order valence-corrected chi connectivity index (χ1v) is 7.61. The molecule has 2 N–H and O–H groups in total. The van der Waals surface area contributed by atoms with Gasteiger partial charge in [0.25, 0.3) is 0 Å². The van der Waals surface area contributed by atoms with Gasteiger partial charge in [0.05, 0.1) is 6.54 Å². The van der Waals surface area contributed by atoms with Gasteiger partial charge in [-0.3, -0.25) is 4.79 Å². The number of nitrogens with zero attached hydrogens (tertiary/aromatic N) is 1. The third-order valence-corrected chi connectivity index (χ3v) is 3.57. The summed E-state index contributed by atoms with van der Waals surface area (Å²) in [5, 5.41) is 0. The largest absolute Gasteiger partial charge is 0.486 e. The summed E-state index contributed by atoms with van der Waals surface area (Å²) in [6.07, 6.45) is 2.17. The van der Waals surface area contributed by atoms with E-state index in [1.807, 2.05) is 36.1 Å². The third kappa shape index (κ3) is 4.36. The van der Waals surface area contributed by atoms with Crippen LogP contribution in [0.3, 0.4) is 0 Å². The fourth-order valence-electron chi connectivity index (χ4n) is 2.38. The highest BCUT2D eigenvalue weighted by molar-refractivity contribution is 5.76. The van der Waals surface area contributed by atoms with Crippen LogP contribution in [0.5, 0.6) is 11.5 Å². The zero-order valence-electron chi connectivity index (χ0n) is 12.6. The maximum absolute atomic E-state index is 12.2. The Morgan fingerprint density at radius 1 is 1.33 bits per heavy atom. The van der Waals surface area contributed by atoms with Gasteiger partial charge >= 0.3 is 0 Å². The molecule has 0 saturated heterocycles. The topological polar surface area (TPSA) is 64.8 Å². The predicted molar refractivity (Wildman–Crippen MR) is 81.5 cm³/mol. The highest BCUT2D eigenvalue weighted by atomic mass is 16.6. The van der Waals surface area contributed by atoms with Gasteiger partial charge in [-0.1, -0.05) is 12.1 Å². The molecule has 1 atom stereocenters. The van der Waals surface area contributed by atoms with E-state index in [1.165, 1.54) is 0 Å². The molecule has 1 unspecified atom stereocenters. The summed E-state index contributed by atoms with van der Waals surface area (Å²) in [6.45, 7) is 4.34. The molecule has 21 heavy (non-hydrogen) atoms. The van der Waals surface area contributed by atoms with Gasteiger partial charge in [0, 0.05) is 13.0 Å². The summed E-state index contributed by atoms with van der Waals surface area (Å²) in [6, 6.07) is 7.62. The van der Waals surface area contributed by atoms with E-state index >= 15 is 0 Å². The Morgan fingerprint density at radius 2 is 2.10 bits per heavy atom. The number of fused-ring (bicyclic) bond motifs is 1. The van der Waals surface area contributed by atoms with Gasteiger partial charge in [0.15, 0.2) is 17.6 Å². The van der Waals surface area contributed by atoms with E-state index in [1.54, 1.807) is 0 Å². The number of ether oxygens (including phenoxy) is 2. The second-order valence-corrected chi connectivity index (χ2v) is 5.18. The molecule has 0 saturated carbocycles. The molecule has 0 bridgehead atoms. The lowest BCUT2D eigenvalue weighted by Gasteiger charge is -2.31. The highest BCUT2D eigenvalue weighted by Gasteiger charge is 2.24. The van der Waals surface area contributed by atoms with Gasteiger partial charge in [0.1, 0.15) is 6.61 Å². The Hall–Kier alpha value is -1.75. The normalized spacial score (nSPS) is 16.6. The van der Waals surface area contributed by atoms with Crippen LogP contribution in [0.15, 0.2) is 24.3 Å². The number of hydrogen-bond acceptors (Lipinski definition) is 4. The van der Waals surface area contributed by atoms with Crippen LogP contribution in [0.2, 0.25) is 0 Å². The number of amides is 1. The Balaban J connectivity index is 1.86. The van der Waals surface area contributed by atoms with E-state index in [0.29, 0.717) is 32.7 Å². The summed E-state index contributed by atoms with van der Waals surface area (Å²) in [7, 11) is 0. The second-order valence-electron chi connectivity index (χ2n) is 5.18. The average Bonchev–Trinajstić information content (AvgIpc) is 2.52. The lowest BCUT2D eigenvalue weighted by molar-refractivity contribution is -0.132.